The topological polar surface area (TPSA) is 64.1 Å². The summed E-state index contributed by atoms with van der Waals surface area (Å²) in [5.74, 6) is 0.734. The van der Waals surface area contributed by atoms with Crippen molar-refractivity contribution in [2.24, 2.45) is 5.92 Å². The van der Waals surface area contributed by atoms with Gasteiger partial charge in [0.2, 0.25) is 0 Å². The van der Waals surface area contributed by atoms with E-state index < -0.39 is 0 Å². The van der Waals surface area contributed by atoms with Crippen molar-refractivity contribution in [1.29, 1.82) is 0 Å². The van der Waals surface area contributed by atoms with E-state index in [1.807, 2.05) is 18.2 Å². The molecule has 0 bridgehead atoms. The summed E-state index contributed by atoms with van der Waals surface area (Å²) >= 11 is 0. The minimum Gasteiger partial charge on any atom is -0.423 e. The lowest BCUT2D eigenvalue weighted by atomic mass is 10.0. The molecule has 1 aliphatic carbocycles. The minimum absolute atomic E-state index is 0.404. The van der Waals surface area contributed by atoms with Gasteiger partial charge in [0, 0.05) is 6.04 Å². The van der Waals surface area contributed by atoms with E-state index in [2.05, 4.69) is 17.2 Å². The number of aromatic nitrogens is 1. The number of oxazole rings is 1. The molecular formula is C14H19N3O. The zero-order valence-electron chi connectivity index (χ0n) is 10.6. The molecule has 1 unspecified atom stereocenters. The van der Waals surface area contributed by atoms with Gasteiger partial charge in [-0.2, -0.15) is 4.98 Å². The van der Waals surface area contributed by atoms with E-state index in [9.17, 15) is 0 Å². The predicted octanol–water partition coefficient (Wildman–Crippen LogP) is 3.40. The van der Waals surface area contributed by atoms with Gasteiger partial charge in [0.1, 0.15) is 5.52 Å². The second-order valence-electron chi connectivity index (χ2n) is 5.19. The molecule has 0 saturated heterocycles. The lowest BCUT2D eigenvalue weighted by Crippen LogP contribution is -2.23. The molecule has 0 amide bonds. The Balaban J connectivity index is 1.80. The summed E-state index contributed by atoms with van der Waals surface area (Å²) in [6, 6.07) is 6.61. The Bertz CT molecular complexity index is 543. The fourth-order valence-corrected chi connectivity index (χ4v) is 2.80. The van der Waals surface area contributed by atoms with E-state index in [0.29, 0.717) is 17.7 Å². The van der Waals surface area contributed by atoms with E-state index in [1.165, 1.54) is 25.7 Å². The molecule has 1 aromatic heterocycles. The van der Waals surface area contributed by atoms with Gasteiger partial charge in [0.05, 0.1) is 5.69 Å². The molecule has 4 nitrogen and oxygen atoms in total. The van der Waals surface area contributed by atoms with Gasteiger partial charge in [-0.15, -0.1) is 0 Å². The molecule has 1 atom stereocenters. The summed E-state index contributed by atoms with van der Waals surface area (Å²) in [5.41, 5.74) is 8.03. The number of fused-ring (bicyclic) bond motifs is 1. The van der Waals surface area contributed by atoms with Gasteiger partial charge >= 0.3 is 0 Å². The van der Waals surface area contributed by atoms with Crippen LogP contribution in [-0.2, 0) is 0 Å². The number of hydrogen-bond acceptors (Lipinski definition) is 4. The molecule has 1 fully saturated rings. The summed E-state index contributed by atoms with van der Waals surface area (Å²) in [5, 5.41) is 3.37. The molecule has 3 rings (SSSR count). The van der Waals surface area contributed by atoms with Gasteiger partial charge in [-0.1, -0.05) is 18.9 Å². The molecule has 0 radical (unpaired) electrons. The Morgan fingerprint density at radius 3 is 2.89 bits per heavy atom. The zero-order valence-corrected chi connectivity index (χ0v) is 10.6. The number of nitrogens with two attached hydrogens (primary N) is 1. The zero-order chi connectivity index (χ0) is 12.5. The van der Waals surface area contributed by atoms with Crippen LogP contribution in [0.15, 0.2) is 22.6 Å². The smallest absolute Gasteiger partial charge is 0.295 e. The van der Waals surface area contributed by atoms with Gasteiger partial charge in [0.25, 0.3) is 6.01 Å². The standard InChI is InChI=1S/C14H19N3O/c1-9(10-5-2-3-6-10)16-14-17-13-11(15)7-4-8-12(13)18-14/h4,7-10H,2-3,5-6,15H2,1H3,(H,16,17). The molecule has 18 heavy (non-hydrogen) atoms. The molecular weight excluding hydrogens is 226 g/mol. The molecule has 1 heterocycles. The SMILES string of the molecule is CC(Nc1nc2c(N)cccc2o1)C1CCCC1. The van der Waals surface area contributed by atoms with Crippen molar-refractivity contribution >= 4 is 22.8 Å². The van der Waals surface area contributed by atoms with Crippen LogP contribution in [-0.4, -0.2) is 11.0 Å². The first kappa shape index (κ1) is 11.4. The first-order chi connectivity index (χ1) is 8.74. The minimum atomic E-state index is 0.404. The Labute approximate surface area is 107 Å². The first-order valence-electron chi connectivity index (χ1n) is 6.65. The highest BCUT2D eigenvalue weighted by molar-refractivity contribution is 5.86. The number of benzene rings is 1. The lowest BCUT2D eigenvalue weighted by molar-refractivity contribution is 0.467. The summed E-state index contributed by atoms with van der Waals surface area (Å²) in [6.45, 7) is 2.20. The maximum Gasteiger partial charge on any atom is 0.295 e. The van der Waals surface area contributed by atoms with E-state index in [0.717, 1.165) is 17.0 Å². The van der Waals surface area contributed by atoms with Crippen molar-refractivity contribution in [3.05, 3.63) is 18.2 Å². The second-order valence-corrected chi connectivity index (χ2v) is 5.19. The van der Waals surface area contributed by atoms with E-state index in [1.54, 1.807) is 0 Å². The fourth-order valence-electron chi connectivity index (χ4n) is 2.80. The van der Waals surface area contributed by atoms with Crippen LogP contribution in [0.3, 0.4) is 0 Å². The third-order valence-electron chi connectivity index (χ3n) is 3.91. The van der Waals surface area contributed by atoms with Crippen LogP contribution in [0.1, 0.15) is 32.6 Å². The van der Waals surface area contributed by atoms with Crippen LogP contribution in [0.5, 0.6) is 0 Å². The van der Waals surface area contributed by atoms with Crippen molar-refractivity contribution in [3.8, 4) is 0 Å². The van der Waals surface area contributed by atoms with Crippen LogP contribution < -0.4 is 11.1 Å². The number of rotatable bonds is 3. The summed E-state index contributed by atoms with van der Waals surface area (Å²) in [7, 11) is 0. The number of hydrogen-bond donors (Lipinski definition) is 2. The molecule has 1 aliphatic rings. The number of anilines is 2. The molecule has 0 spiro atoms. The van der Waals surface area contributed by atoms with Crippen LogP contribution in [0.2, 0.25) is 0 Å². The average molecular weight is 245 g/mol. The first-order valence-corrected chi connectivity index (χ1v) is 6.65. The monoisotopic (exact) mass is 245 g/mol. The Kier molecular flexibility index (Phi) is 2.86. The Morgan fingerprint density at radius 1 is 1.39 bits per heavy atom. The van der Waals surface area contributed by atoms with Gasteiger partial charge in [0.15, 0.2) is 5.58 Å². The molecule has 96 valence electrons. The van der Waals surface area contributed by atoms with Crippen molar-refractivity contribution < 1.29 is 4.42 Å². The predicted molar refractivity (Wildman–Crippen MR) is 73.5 cm³/mol. The summed E-state index contributed by atoms with van der Waals surface area (Å²) in [6.07, 6.45) is 5.29. The summed E-state index contributed by atoms with van der Waals surface area (Å²) < 4.78 is 5.68. The van der Waals surface area contributed by atoms with E-state index in [-0.39, 0.29) is 0 Å². The van der Waals surface area contributed by atoms with Crippen molar-refractivity contribution in [2.45, 2.75) is 38.6 Å². The number of nitrogens with zero attached hydrogens (tertiary/aromatic N) is 1. The third kappa shape index (κ3) is 2.03. The van der Waals surface area contributed by atoms with Crippen LogP contribution in [0, 0.1) is 5.92 Å². The highest BCUT2D eigenvalue weighted by atomic mass is 16.4. The normalized spacial score (nSPS) is 18.3. The maximum atomic E-state index is 5.87. The third-order valence-corrected chi connectivity index (χ3v) is 3.91. The molecule has 4 heteroatoms. The highest BCUT2D eigenvalue weighted by Gasteiger charge is 2.22. The molecule has 1 aromatic carbocycles. The maximum absolute atomic E-state index is 5.87. The summed E-state index contributed by atoms with van der Waals surface area (Å²) in [4.78, 5) is 4.42. The van der Waals surface area contributed by atoms with Crippen LogP contribution in [0.25, 0.3) is 11.1 Å². The number of nitrogen functional groups attached to an aromatic ring is 1. The van der Waals surface area contributed by atoms with Gasteiger partial charge in [-0.05, 0) is 37.8 Å². The van der Waals surface area contributed by atoms with E-state index >= 15 is 0 Å². The second kappa shape index (κ2) is 4.52. The fraction of sp³-hybridized carbons (Fsp3) is 0.500. The van der Waals surface area contributed by atoms with Crippen LogP contribution >= 0.6 is 0 Å². The number of nitrogens with one attached hydrogen (secondary N) is 1. The molecule has 3 N–H and O–H groups in total. The van der Waals surface area contributed by atoms with Crippen molar-refractivity contribution in [2.75, 3.05) is 11.1 Å². The van der Waals surface area contributed by atoms with E-state index in [4.69, 9.17) is 10.2 Å². The van der Waals surface area contributed by atoms with Gasteiger partial charge in [-0.25, -0.2) is 0 Å². The highest BCUT2D eigenvalue weighted by Crippen LogP contribution is 2.30. The van der Waals surface area contributed by atoms with Crippen molar-refractivity contribution in [1.82, 2.24) is 4.98 Å². The Morgan fingerprint density at radius 2 is 2.17 bits per heavy atom. The largest absolute Gasteiger partial charge is 0.423 e. The van der Waals surface area contributed by atoms with Gasteiger partial charge < -0.3 is 15.5 Å². The van der Waals surface area contributed by atoms with Crippen molar-refractivity contribution in [3.63, 3.8) is 0 Å². The quantitative estimate of drug-likeness (QED) is 0.813. The van der Waals surface area contributed by atoms with Crippen LogP contribution in [0.4, 0.5) is 11.7 Å². The molecule has 1 saturated carbocycles. The lowest BCUT2D eigenvalue weighted by Gasteiger charge is -2.18. The Hall–Kier alpha value is -1.71. The molecule has 2 aromatic rings. The van der Waals surface area contributed by atoms with Gasteiger partial charge in [-0.3, -0.25) is 0 Å². The average Bonchev–Trinajstić information content (AvgIpc) is 2.97. The number of para-hydroxylation sites is 1. The molecule has 0 aliphatic heterocycles.